The number of aliphatic carboxylic acids is 1. The molecule has 1 fully saturated rings. The van der Waals surface area contributed by atoms with E-state index in [1.54, 1.807) is 0 Å². The van der Waals surface area contributed by atoms with Gasteiger partial charge in [0.05, 0.1) is 5.41 Å². The molecule has 0 atom stereocenters. The van der Waals surface area contributed by atoms with Gasteiger partial charge in [-0.05, 0) is 50.9 Å². The van der Waals surface area contributed by atoms with Gasteiger partial charge in [-0.3, -0.25) is 9.69 Å². The number of nitrogens with zero attached hydrogens (tertiary/aromatic N) is 1. The molecule has 1 N–H and O–H groups in total. The second-order valence-corrected chi connectivity index (χ2v) is 6.69. The van der Waals surface area contributed by atoms with Gasteiger partial charge in [0.1, 0.15) is 0 Å². The maximum Gasteiger partial charge on any atom is 0.309 e. The topological polar surface area (TPSA) is 40.5 Å². The van der Waals surface area contributed by atoms with Gasteiger partial charge in [-0.25, -0.2) is 0 Å². The van der Waals surface area contributed by atoms with Crippen molar-refractivity contribution in [3.8, 4) is 0 Å². The molecule has 1 aromatic rings. The number of likely N-dealkylation sites (tertiary alicyclic amines) is 1. The predicted octanol–water partition coefficient (Wildman–Crippen LogP) is 3.39. The van der Waals surface area contributed by atoms with Crippen molar-refractivity contribution in [3.63, 3.8) is 0 Å². The fourth-order valence-corrected chi connectivity index (χ4v) is 3.78. The number of hydrogen-bond donors (Lipinski definition) is 1. The van der Waals surface area contributed by atoms with Crippen LogP contribution in [0.25, 0.3) is 0 Å². The third-order valence-corrected chi connectivity index (χ3v) is 5.60. The van der Waals surface area contributed by atoms with Crippen LogP contribution in [0.15, 0.2) is 12.1 Å². The molecule has 0 unspecified atom stereocenters. The first-order valence-electron chi connectivity index (χ1n) is 7.13. The van der Waals surface area contributed by atoms with Gasteiger partial charge < -0.3 is 5.11 Å². The van der Waals surface area contributed by atoms with Crippen LogP contribution in [0.5, 0.6) is 0 Å². The molecule has 0 radical (unpaired) electrons. The van der Waals surface area contributed by atoms with E-state index in [4.69, 9.17) is 0 Å². The first kappa shape index (κ1) is 14.5. The predicted molar refractivity (Wildman–Crippen MR) is 78.6 cm³/mol. The van der Waals surface area contributed by atoms with E-state index in [1.807, 2.05) is 18.3 Å². The Balaban J connectivity index is 1.91. The van der Waals surface area contributed by atoms with Crippen LogP contribution in [0.3, 0.4) is 0 Å². The van der Waals surface area contributed by atoms with E-state index in [-0.39, 0.29) is 0 Å². The molecule has 3 nitrogen and oxygen atoms in total. The number of carbonyl (C=O) groups is 1. The average molecular weight is 281 g/mol. The lowest BCUT2D eigenvalue weighted by atomic mass is 9.76. The Hall–Kier alpha value is -0.870. The third-order valence-electron chi connectivity index (χ3n) is 4.39. The Kier molecular flexibility index (Phi) is 4.63. The molecule has 2 rings (SSSR count). The summed E-state index contributed by atoms with van der Waals surface area (Å²) < 4.78 is 0. The van der Waals surface area contributed by atoms with E-state index >= 15 is 0 Å². The van der Waals surface area contributed by atoms with Gasteiger partial charge in [0.25, 0.3) is 0 Å². The van der Waals surface area contributed by atoms with E-state index in [0.29, 0.717) is 0 Å². The maximum atomic E-state index is 11.4. The zero-order chi connectivity index (χ0) is 13.9. The Bertz CT molecular complexity index is 433. The Morgan fingerprint density at radius 3 is 2.42 bits per heavy atom. The minimum absolute atomic E-state index is 0.472. The highest BCUT2D eigenvalue weighted by atomic mass is 32.1. The molecule has 0 aliphatic carbocycles. The standard InChI is InChI=1S/C15H23NO2S/c1-3-12-5-6-13(19-12)11-16-9-7-15(4-2,8-10-16)14(17)18/h5-6H,3-4,7-11H2,1-2H3,(H,17,18). The molecule has 2 heterocycles. The molecule has 0 saturated carbocycles. The Morgan fingerprint density at radius 2 is 1.95 bits per heavy atom. The van der Waals surface area contributed by atoms with Crippen molar-refractivity contribution < 1.29 is 9.90 Å². The molecule has 0 aromatic carbocycles. The van der Waals surface area contributed by atoms with Crippen LogP contribution in [0, 0.1) is 5.41 Å². The minimum Gasteiger partial charge on any atom is -0.481 e. The smallest absolute Gasteiger partial charge is 0.309 e. The monoisotopic (exact) mass is 281 g/mol. The van der Waals surface area contributed by atoms with Crippen molar-refractivity contribution in [3.05, 3.63) is 21.9 Å². The lowest BCUT2D eigenvalue weighted by Gasteiger charge is -2.38. The van der Waals surface area contributed by atoms with Gasteiger partial charge in [0.15, 0.2) is 0 Å². The summed E-state index contributed by atoms with van der Waals surface area (Å²) in [4.78, 5) is 16.6. The molecule has 1 aliphatic rings. The van der Waals surface area contributed by atoms with Gasteiger partial charge in [-0.15, -0.1) is 11.3 Å². The third kappa shape index (κ3) is 3.18. The summed E-state index contributed by atoms with van der Waals surface area (Å²) in [6.07, 6.45) is 3.41. The van der Waals surface area contributed by atoms with Gasteiger partial charge in [-0.2, -0.15) is 0 Å². The molecule has 0 spiro atoms. The molecule has 0 amide bonds. The summed E-state index contributed by atoms with van der Waals surface area (Å²) in [6.45, 7) is 6.96. The van der Waals surface area contributed by atoms with Crippen molar-refractivity contribution in [1.82, 2.24) is 4.90 Å². The number of carboxylic acids is 1. The fourth-order valence-electron chi connectivity index (χ4n) is 2.78. The normalized spacial score (nSPS) is 19.5. The molecule has 4 heteroatoms. The van der Waals surface area contributed by atoms with Crippen LogP contribution in [0.4, 0.5) is 0 Å². The van der Waals surface area contributed by atoms with E-state index in [0.717, 1.165) is 45.3 Å². The molecule has 1 aliphatic heterocycles. The van der Waals surface area contributed by atoms with Crippen molar-refractivity contribution in [2.75, 3.05) is 13.1 Å². The van der Waals surface area contributed by atoms with Crippen molar-refractivity contribution in [2.45, 2.75) is 46.1 Å². The average Bonchev–Trinajstić information content (AvgIpc) is 2.87. The lowest BCUT2D eigenvalue weighted by molar-refractivity contribution is -0.152. The Labute approximate surface area is 119 Å². The summed E-state index contributed by atoms with van der Waals surface area (Å²) in [6, 6.07) is 4.42. The van der Waals surface area contributed by atoms with E-state index in [2.05, 4.69) is 24.0 Å². The molecule has 1 saturated heterocycles. The molecular formula is C15H23NO2S. The van der Waals surface area contributed by atoms with Gasteiger partial charge in [0.2, 0.25) is 0 Å². The van der Waals surface area contributed by atoms with Crippen LogP contribution in [0.1, 0.15) is 42.9 Å². The van der Waals surface area contributed by atoms with Crippen LogP contribution in [-0.2, 0) is 17.8 Å². The SMILES string of the molecule is CCc1ccc(CN2CCC(CC)(C(=O)O)CC2)s1. The summed E-state index contributed by atoms with van der Waals surface area (Å²) in [5, 5.41) is 9.38. The second-order valence-electron chi connectivity index (χ2n) is 5.44. The van der Waals surface area contributed by atoms with E-state index < -0.39 is 11.4 Å². The molecule has 1 aromatic heterocycles. The second kappa shape index (κ2) is 6.06. The number of aryl methyl sites for hydroxylation is 1. The zero-order valence-corrected chi connectivity index (χ0v) is 12.6. The lowest BCUT2D eigenvalue weighted by Crippen LogP contribution is -2.43. The van der Waals surface area contributed by atoms with Crippen LogP contribution < -0.4 is 0 Å². The minimum atomic E-state index is -0.612. The summed E-state index contributed by atoms with van der Waals surface area (Å²) in [5.74, 6) is -0.612. The van der Waals surface area contributed by atoms with E-state index in [9.17, 15) is 9.90 Å². The molecule has 19 heavy (non-hydrogen) atoms. The van der Waals surface area contributed by atoms with Crippen LogP contribution in [-0.4, -0.2) is 29.1 Å². The fraction of sp³-hybridized carbons (Fsp3) is 0.667. The highest BCUT2D eigenvalue weighted by Crippen LogP contribution is 2.35. The summed E-state index contributed by atoms with van der Waals surface area (Å²) >= 11 is 1.88. The summed E-state index contributed by atoms with van der Waals surface area (Å²) in [5.41, 5.74) is -0.472. The van der Waals surface area contributed by atoms with Crippen molar-refractivity contribution in [2.24, 2.45) is 5.41 Å². The zero-order valence-electron chi connectivity index (χ0n) is 11.8. The highest BCUT2D eigenvalue weighted by molar-refractivity contribution is 7.11. The maximum absolute atomic E-state index is 11.4. The van der Waals surface area contributed by atoms with Crippen molar-refractivity contribution >= 4 is 17.3 Å². The largest absolute Gasteiger partial charge is 0.481 e. The van der Waals surface area contributed by atoms with Gasteiger partial charge in [0, 0.05) is 16.3 Å². The van der Waals surface area contributed by atoms with Crippen LogP contribution >= 0.6 is 11.3 Å². The van der Waals surface area contributed by atoms with E-state index in [1.165, 1.54) is 9.75 Å². The number of piperidine rings is 1. The first-order chi connectivity index (χ1) is 9.09. The molecule has 0 bridgehead atoms. The number of hydrogen-bond acceptors (Lipinski definition) is 3. The van der Waals surface area contributed by atoms with Gasteiger partial charge >= 0.3 is 5.97 Å². The number of thiophene rings is 1. The first-order valence-corrected chi connectivity index (χ1v) is 7.94. The summed E-state index contributed by atoms with van der Waals surface area (Å²) in [7, 11) is 0. The Morgan fingerprint density at radius 1 is 1.32 bits per heavy atom. The highest BCUT2D eigenvalue weighted by Gasteiger charge is 2.39. The number of carboxylic acid groups (broad SMARTS) is 1. The van der Waals surface area contributed by atoms with Gasteiger partial charge in [-0.1, -0.05) is 13.8 Å². The van der Waals surface area contributed by atoms with Crippen LogP contribution in [0.2, 0.25) is 0 Å². The molecule has 106 valence electrons. The molecular weight excluding hydrogens is 258 g/mol. The number of rotatable bonds is 5. The quantitative estimate of drug-likeness (QED) is 0.899. The van der Waals surface area contributed by atoms with Crippen molar-refractivity contribution in [1.29, 1.82) is 0 Å².